The van der Waals surface area contributed by atoms with Crippen LogP contribution >= 0.6 is 11.3 Å². The van der Waals surface area contributed by atoms with E-state index in [9.17, 15) is 23.9 Å². The van der Waals surface area contributed by atoms with Crippen molar-refractivity contribution in [1.29, 1.82) is 0 Å². The third-order valence-electron chi connectivity index (χ3n) is 7.15. The zero-order valence-corrected chi connectivity index (χ0v) is 23.4. The number of thiazole rings is 1. The van der Waals surface area contributed by atoms with Crippen LogP contribution in [0.4, 0.5) is 4.39 Å². The summed E-state index contributed by atoms with van der Waals surface area (Å²) >= 11 is 1.20. The number of aromatic nitrogens is 4. The van der Waals surface area contributed by atoms with Crippen molar-refractivity contribution < 1.29 is 23.8 Å². The topological polar surface area (TPSA) is 131 Å². The molecule has 214 valence electrons. The van der Waals surface area contributed by atoms with E-state index in [0.717, 1.165) is 17.7 Å². The Morgan fingerprint density at radius 3 is 2.68 bits per heavy atom. The van der Waals surface area contributed by atoms with Gasteiger partial charge in [0.1, 0.15) is 17.4 Å². The van der Waals surface area contributed by atoms with Gasteiger partial charge in [-0.1, -0.05) is 6.07 Å². The summed E-state index contributed by atoms with van der Waals surface area (Å²) in [6.07, 6.45) is 6.59. The average molecular weight is 581 g/mol. The number of carbonyl (C=O) groups excluding carboxylic acids is 2. The molecule has 2 aliphatic rings. The molecule has 0 bridgehead atoms. The van der Waals surface area contributed by atoms with Crippen LogP contribution < -0.4 is 10.9 Å². The molecule has 13 heteroatoms. The first-order valence-corrected chi connectivity index (χ1v) is 14.3. The summed E-state index contributed by atoms with van der Waals surface area (Å²) in [4.78, 5) is 50.1. The first-order valence-electron chi connectivity index (χ1n) is 13.4. The van der Waals surface area contributed by atoms with E-state index in [4.69, 9.17) is 4.74 Å². The second-order valence-electron chi connectivity index (χ2n) is 10.6. The van der Waals surface area contributed by atoms with E-state index in [1.807, 2.05) is 13.8 Å². The molecule has 11 nitrogen and oxygen atoms in total. The highest BCUT2D eigenvalue weighted by Crippen LogP contribution is 2.31. The summed E-state index contributed by atoms with van der Waals surface area (Å²) < 4.78 is 22.4. The number of hydrogen-bond donors (Lipinski definition) is 2. The predicted molar refractivity (Wildman–Crippen MR) is 149 cm³/mol. The maximum atomic E-state index is 14.0. The lowest BCUT2D eigenvalue weighted by molar-refractivity contribution is -0.143. The maximum Gasteiger partial charge on any atom is 0.302 e. The van der Waals surface area contributed by atoms with Crippen LogP contribution in [0.2, 0.25) is 0 Å². The Balaban J connectivity index is 1.27. The van der Waals surface area contributed by atoms with Gasteiger partial charge in [-0.3, -0.25) is 14.4 Å². The molecule has 2 amide bonds. The number of hydrogen-bond acceptors (Lipinski definition) is 8. The number of benzene rings is 1. The molecule has 4 aromatic rings. The molecule has 0 unspecified atom stereocenters. The highest BCUT2D eigenvalue weighted by molar-refractivity contribution is 7.15. The standard InChI is InChI=1S/C28H29FN6O5S/c1-15-12-34(13-16(2)40-15)22(36)14-33-7-8-35-27(39)24(37)23(32-28(33)35)26-30-11-20(41-26)9-17-3-4-18(29)10-21(17)25(38)31-19-5-6-19/h3-4,7-8,10-11,15-16,19,37H,5-6,9,12-14H2,1-2H3,(H,31,38)/t15-,16-/m0/s1. The normalized spacial score (nSPS) is 19.0. The molecule has 2 atom stereocenters. The molecule has 6 rings (SSSR count). The zero-order valence-electron chi connectivity index (χ0n) is 22.5. The highest BCUT2D eigenvalue weighted by Gasteiger charge is 2.28. The number of rotatable bonds is 7. The van der Waals surface area contributed by atoms with Gasteiger partial charge in [-0.15, -0.1) is 11.3 Å². The first kappa shape index (κ1) is 27.1. The fraction of sp³-hybridized carbons (Fsp3) is 0.393. The lowest BCUT2D eigenvalue weighted by Crippen LogP contribution is -2.49. The monoisotopic (exact) mass is 580 g/mol. The second-order valence-corrected chi connectivity index (χ2v) is 11.7. The van der Waals surface area contributed by atoms with Gasteiger partial charge < -0.3 is 24.6 Å². The molecule has 1 saturated heterocycles. The zero-order chi connectivity index (χ0) is 28.8. The number of imidazole rings is 1. The molecule has 1 aromatic carbocycles. The number of aromatic hydroxyl groups is 1. The van der Waals surface area contributed by atoms with Crippen molar-refractivity contribution in [2.45, 2.75) is 57.9 Å². The minimum absolute atomic E-state index is 0.00179. The predicted octanol–water partition coefficient (Wildman–Crippen LogP) is 2.58. The van der Waals surface area contributed by atoms with Crippen LogP contribution in [-0.4, -0.2) is 72.1 Å². The fourth-order valence-corrected chi connectivity index (χ4v) is 5.98. The van der Waals surface area contributed by atoms with Crippen LogP contribution in [0.25, 0.3) is 16.5 Å². The Bertz CT molecular complexity index is 1700. The Morgan fingerprint density at radius 1 is 1.20 bits per heavy atom. The highest BCUT2D eigenvalue weighted by atomic mass is 32.1. The first-order chi connectivity index (χ1) is 19.7. The van der Waals surface area contributed by atoms with Crippen LogP contribution in [0.3, 0.4) is 0 Å². The van der Waals surface area contributed by atoms with E-state index < -0.39 is 17.1 Å². The third kappa shape index (κ3) is 5.59. The van der Waals surface area contributed by atoms with Gasteiger partial charge in [-0.2, -0.15) is 0 Å². The van der Waals surface area contributed by atoms with Crippen molar-refractivity contribution >= 4 is 28.9 Å². The van der Waals surface area contributed by atoms with Crippen molar-refractivity contribution in [3.63, 3.8) is 0 Å². The third-order valence-corrected chi connectivity index (χ3v) is 8.16. The van der Waals surface area contributed by atoms with E-state index in [1.54, 1.807) is 27.9 Å². The Hall–Kier alpha value is -4.10. The molecule has 3 aromatic heterocycles. The van der Waals surface area contributed by atoms with Crippen LogP contribution in [0.15, 0.2) is 41.6 Å². The van der Waals surface area contributed by atoms with Gasteiger partial charge >= 0.3 is 5.56 Å². The van der Waals surface area contributed by atoms with Gasteiger partial charge in [0.2, 0.25) is 17.4 Å². The Kier molecular flexibility index (Phi) is 7.08. The van der Waals surface area contributed by atoms with Crippen LogP contribution in [0.5, 0.6) is 5.75 Å². The summed E-state index contributed by atoms with van der Waals surface area (Å²) in [6, 6.07) is 4.24. The molecular weight excluding hydrogens is 551 g/mol. The smallest absolute Gasteiger partial charge is 0.302 e. The Labute approximate surface area is 238 Å². The quantitative estimate of drug-likeness (QED) is 0.344. The van der Waals surface area contributed by atoms with Crippen molar-refractivity contribution in [2.24, 2.45) is 0 Å². The van der Waals surface area contributed by atoms with E-state index in [2.05, 4.69) is 15.3 Å². The minimum Gasteiger partial charge on any atom is -0.501 e. The molecule has 1 aliphatic heterocycles. The summed E-state index contributed by atoms with van der Waals surface area (Å²) in [5.41, 5.74) is 0.211. The number of amides is 2. The largest absolute Gasteiger partial charge is 0.501 e. The molecule has 0 spiro atoms. The number of fused-ring (bicyclic) bond motifs is 1. The number of nitrogens with one attached hydrogen (secondary N) is 1. The minimum atomic E-state index is -0.681. The molecule has 41 heavy (non-hydrogen) atoms. The number of morpholine rings is 1. The number of ether oxygens (including phenoxy) is 1. The number of carbonyl (C=O) groups is 2. The molecule has 1 aliphatic carbocycles. The average Bonchev–Trinajstić information content (AvgIpc) is 3.47. The summed E-state index contributed by atoms with van der Waals surface area (Å²) in [5.74, 6) is -1.32. The van der Waals surface area contributed by atoms with Crippen molar-refractivity contribution in [2.75, 3.05) is 13.1 Å². The summed E-state index contributed by atoms with van der Waals surface area (Å²) in [7, 11) is 0. The molecule has 4 heterocycles. The molecule has 2 N–H and O–H groups in total. The van der Waals surface area contributed by atoms with Gasteiger partial charge in [0.15, 0.2) is 5.69 Å². The van der Waals surface area contributed by atoms with Gasteiger partial charge in [0.25, 0.3) is 5.91 Å². The van der Waals surface area contributed by atoms with Crippen LogP contribution in [0.1, 0.15) is 47.5 Å². The number of halogens is 1. The lowest BCUT2D eigenvalue weighted by atomic mass is 10.0. The van der Waals surface area contributed by atoms with E-state index in [1.165, 1.54) is 34.1 Å². The second kappa shape index (κ2) is 10.7. The van der Waals surface area contributed by atoms with E-state index >= 15 is 0 Å². The SMILES string of the molecule is C[C@H]1CN(C(=O)Cn2ccn3c(=O)c(O)c(-c4ncc(Cc5ccc(F)cc5C(=O)NC5CC5)s4)nc23)C[C@H](C)O1. The van der Waals surface area contributed by atoms with Crippen molar-refractivity contribution in [3.8, 4) is 16.5 Å². The van der Waals surface area contributed by atoms with E-state index in [-0.39, 0.29) is 53.6 Å². The molecule has 1 saturated carbocycles. The van der Waals surface area contributed by atoms with Crippen molar-refractivity contribution in [1.82, 2.24) is 29.2 Å². The van der Waals surface area contributed by atoms with E-state index in [0.29, 0.717) is 30.1 Å². The summed E-state index contributed by atoms with van der Waals surface area (Å²) in [6.45, 7) is 4.74. The summed E-state index contributed by atoms with van der Waals surface area (Å²) in [5, 5.41) is 13.9. The van der Waals surface area contributed by atoms with Gasteiger partial charge in [0, 0.05) is 54.6 Å². The fourth-order valence-electron chi connectivity index (χ4n) is 5.06. The number of nitrogens with zero attached hydrogens (tertiary/aromatic N) is 5. The van der Waals surface area contributed by atoms with Crippen molar-refractivity contribution in [3.05, 3.63) is 69.0 Å². The van der Waals surface area contributed by atoms with Gasteiger partial charge in [-0.05, 0) is 44.4 Å². The van der Waals surface area contributed by atoms with Crippen LogP contribution in [0, 0.1) is 5.82 Å². The van der Waals surface area contributed by atoms with Crippen LogP contribution in [-0.2, 0) is 22.5 Å². The Morgan fingerprint density at radius 2 is 1.95 bits per heavy atom. The maximum absolute atomic E-state index is 14.0. The molecular formula is C28H29FN6O5S. The lowest BCUT2D eigenvalue weighted by Gasteiger charge is -2.35. The molecule has 0 radical (unpaired) electrons. The van der Waals surface area contributed by atoms with Gasteiger partial charge in [0.05, 0.1) is 12.2 Å². The molecule has 2 fully saturated rings. The van der Waals surface area contributed by atoms with Gasteiger partial charge in [-0.25, -0.2) is 18.8 Å².